The van der Waals surface area contributed by atoms with Gasteiger partial charge in [-0.25, -0.2) is 0 Å². The van der Waals surface area contributed by atoms with Crippen molar-refractivity contribution < 1.29 is 4.74 Å². The summed E-state index contributed by atoms with van der Waals surface area (Å²) in [6.07, 6.45) is 2.48. The van der Waals surface area contributed by atoms with Gasteiger partial charge < -0.3 is 10.1 Å². The van der Waals surface area contributed by atoms with Crippen molar-refractivity contribution in [1.29, 1.82) is 0 Å². The van der Waals surface area contributed by atoms with Crippen molar-refractivity contribution in [2.75, 3.05) is 13.7 Å². The van der Waals surface area contributed by atoms with E-state index in [9.17, 15) is 0 Å². The van der Waals surface area contributed by atoms with Crippen LogP contribution in [0.25, 0.3) is 0 Å². The number of hydrogen-bond acceptors (Lipinski definition) is 2. The zero-order valence-electron chi connectivity index (χ0n) is 17.0. The number of methoxy groups -OCH3 is 1. The van der Waals surface area contributed by atoms with Gasteiger partial charge in [-0.3, -0.25) is 0 Å². The topological polar surface area (TPSA) is 21.3 Å². The molecule has 3 rings (SSSR count). The molecule has 0 aromatic heterocycles. The molecule has 1 aliphatic heterocycles. The van der Waals surface area contributed by atoms with Crippen molar-refractivity contribution in [3.63, 3.8) is 0 Å². The summed E-state index contributed by atoms with van der Waals surface area (Å²) in [6.45, 7) is 16.9. The number of piperidine rings is 1. The molecule has 0 saturated carbocycles. The monoisotopic (exact) mass is 331 g/mol. The second-order valence-electron chi connectivity index (χ2n) is 9.11. The van der Waals surface area contributed by atoms with Crippen molar-refractivity contribution >= 4 is 0 Å². The van der Waals surface area contributed by atoms with E-state index in [0.29, 0.717) is 22.8 Å². The fourth-order valence-electron chi connectivity index (χ4n) is 4.82. The normalized spacial score (nSPS) is 31.1. The van der Waals surface area contributed by atoms with E-state index in [1.54, 1.807) is 18.2 Å². The quantitative estimate of drug-likeness (QED) is 0.788. The molecule has 2 aliphatic rings. The number of rotatable bonds is 3. The average molecular weight is 332 g/mol. The fraction of sp³-hybridized carbons (Fsp3) is 0.727. The molecule has 1 aromatic rings. The summed E-state index contributed by atoms with van der Waals surface area (Å²) in [4.78, 5) is 0. The molecule has 136 valence electrons. The molecule has 1 aromatic carbocycles. The van der Waals surface area contributed by atoms with Crippen LogP contribution >= 0.6 is 0 Å². The minimum Gasteiger partial charge on any atom is -0.497 e. The van der Waals surface area contributed by atoms with Crippen LogP contribution in [0.1, 0.15) is 78.4 Å². The van der Waals surface area contributed by atoms with Gasteiger partial charge in [0.15, 0.2) is 0 Å². The summed E-state index contributed by atoms with van der Waals surface area (Å²) in [5.74, 6) is 2.43. The molecule has 2 heteroatoms. The van der Waals surface area contributed by atoms with Crippen molar-refractivity contribution in [3.05, 3.63) is 29.3 Å². The first-order valence-electron chi connectivity index (χ1n) is 9.60. The lowest BCUT2D eigenvalue weighted by Crippen LogP contribution is -2.62. The molecular weight excluding hydrogens is 294 g/mol. The second-order valence-corrected chi connectivity index (χ2v) is 9.11. The molecule has 1 aliphatic carbocycles. The molecule has 4 atom stereocenters. The molecule has 1 heterocycles. The summed E-state index contributed by atoms with van der Waals surface area (Å²) < 4.78 is 5.43. The lowest BCUT2D eigenvalue weighted by molar-refractivity contribution is 0.0859. The number of hydrogen-bond donors (Lipinski definition) is 1. The summed E-state index contributed by atoms with van der Waals surface area (Å²) in [6, 6.07) is 7.28. The van der Waals surface area contributed by atoms with E-state index in [2.05, 4.69) is 72.0 Å². The van der Waals surface area contributed by atoms with E-state index >= 15 is 0 Å². The van der Waals surface area contributed by atoms with E-state index in [-0.39, 0.29) is 0 Å². The van der Waals surface area contributed by atoms with Gasteiger partial charge in [-0.05, 0) is 47.9 Å². The van der Waals surface area contributed by atoms with Crippen LogP contribution in [0, 0.1) is 11.3 Å². The van der Waals surface area contributed by atoms with E-state index in [0.717, 1.165) is 18.2 Å². The van der Waals surface area contributed by atoms with E-state index in [1.165, 1.54) is 12.8 Å². The third kappa shape index (κ3) is 3.35. The maximum Gasteiger partial charge on any atom is 0.119 e. The first kappa shape index (κ1) is 19.3. The minimum absolute atomic E-state index is 0.378. The van der Waals surface area contributed by atoms with Crippen LogP contribution in [-0.2, 0) is 5.41 Å². The van der Waals surface area contributed by atoms with Crippen LogP contribution in [-0.4, -0.2) is 19.7 Å². The summed E-state index contributed by atoms with van der Waals surface area (Å²) in [7, 11) is 1.76. The molecule has 1 saturated heterocycles. The van der Waals surface area contributed by atoms with Crippen LogP contribution in [0.2, 0.25) is 0 Å². The van der Waals surface area contributed by atoms with Gasteiger partial charge in [0.25, 0.3) is 0 Å². The Kier molecular flexibility index (Phi) is 5.69. The molecular formula is C22H37NO. The molecule has 0 radical (unpaired) electrons. The summed E-state index contributed by atoms with van der Waals surface area (Å²) in [5.41, 5.74) is 3.98. The van der Waals surface area contributed by atoms with Crippen molar-refractivity contribution in [1.82, 2.24) is 5.32 Å². The first-order valence-corrected chi connectivity index (χ1v) is 9.60. The average Bonchev–Trinajstić information content (AvgIpc) is 2.50. The fourth-order valence-corrected chi connectivity index (χ4v) is 4.82. The van der Waals surface area contributed by atoms with Gasteiger partial charge >= 0.3 is 0 Å². The highest BCUT2D eigenvalue weighted by molar-refractivity contribution is 5.55. The van der Waals surface area contributed by atoms with Crippen molar-refractivity contribution in [3.8, 4) is 5.75 Å². The van der Waals surface area contributed by atoms with Crippen LogP contribution in [0.15, 0.2) is 18.2 Å². The molecule has 1 fully saturated rings. The highest BCUT2D eigenvalue weighted by Gasteiger charge is 2.57. The van der Waals surface area contributed by atoms with E-state index in [1.807, 2.05) is 0 Å². The standard InChI is InChI=1S/C17H25NO.C5H12/c1-5-14-11(3)18-10-16-13-8-7-12(19-4)9-15(13)17(14,16)6-2;1-5(2,3)4/h7-9,11,14,16,18H,5-6,10H2,1-4H3;1-4H3. The van der Waals surface area contributed by atoms with E-state index in [4.69, 9.17) is 4.74 Å². The van der Waals surface area contributed by atoms with Crippen LogP contribution in [0.5, 0.6) is 5.75 Å². The van der Waals surface area contributed by atoms with Gasteiger partial charge in [0.2, 0.25) is 0 Å². The maximum atomic E-state index is 5.43. The predicted octanol–water partition coefficient (Wildman–Crippen LogP) is 5.51. The van der Waals surface area contributed by atoms with Gasteiger partial charge in [0.05, 0.1) is 7.11 Å². The Hall–Kier alpha value is -1.02. The van der Waals surface area contributed by atoms with Gasteiger partial charge in [0.1, 0.15) is 5.75 Å². The second kappa shape index (κ2) is 7.07. The molecule has 1 N–H and O–H groups in total. The zero-order chi connectivity index (χ0) is 18.1. The van der Waals surface area contributed by atoms with Crippen LogP contribution in [0.3, 0.4) is 0 Å². The van der Waals surface area contributed by atoms with Crippen LogP contribution in [0.4, 0.5) is 0 Å². The Labute approximate surface area is 149 Å². The Bertz CT molecular complexity index is 554. The summed E-state index contributed by atoms with van der Waals surface area (Å²) in [5, 5.41) is 3.71. The Balaban J connectivity index is 0.000000368. The number of benzene rings is 1. The Morgan fingerprint density at radius 3 is 2.33 bits per heavy atom. The predicted molar refractivity (Wildman–Crippen MR) is 104 cm³/mol. The van der Waals surface area contributed by atoms with Gasteiger partial charge in [-0.1, -0.05) is 54.0 Å². The number of nitrogens with one attached hydrogen (secondary N) is 1. The largest absolute Gasteiger partial charge is 0.497 e. The minimum atomic E-state index is 0.378. The van der Waals surface area contributed by atoms with Gasteiger partial charge in [-0.2, -0.15) is 0 Å². The molecule has 0 spiro atoms. The van der Waals surface area contributed by atoms with Gasteiger partial charge in [0, 0.05) is 23.9 Å². The smallest absolute Gasteiger partial charge is 0.119 e. The van der Waals surface area contributed by atoms with E-state index < -0.39 is 0 Å². The third-order valence-corrected chi connectivity index (χ3v) is 5.69. The molecule has 4 unspecified atom stereocenters. The molecule has 0 bridgehead atoms. The van der Waals surface area contributed by atoms with Crippen molar-refractivity contribution in [2.45, 2.75) is 78.7 Å². The van der Waals surface area contributed by atoms with Crippen molar-refractivity contribution in [2.24, 2.45) is 11.3 Å². The molecule has 0 amide bonds. The zero-order valence-corrected chi connectivity index (χ0v) is 17.0. The number of ether oxygens (including phenoxy) is 1. The van der Waals surface area contributed by atoms with Gasteiger partial charge in [-0.15, -0.1) is 0 Å². The highest BCUT2D eigenvalue weighted by atomic mass is 16.5. The third-order valence-electron chi connectivity index (χ3n) is 5.69. The Morgan fingerprint density at radius 1 is 1.21 bits per heavy atom. The first-order chi connectivity index (χ1) is 11.2. The summed E-state index contributed by atoms with van der Waals surface area (Å²) >= 11 is 0. The SMILES string of the molecule is CC(C)(C)C.CCC1C(C)NCC2c3ccc(OC)cc3C21CC. The molecule has 24 heavy (non-hydrogen) atoms. The maximum absolute atomic E-state index is 5.43. The molecule has 2 nitrogen and oxygen atoms in total. The number of fused-ring (bicyclic) bond motifs is 4. The van der Waals surface area contributed by atoms with Crippen LogP contribution < -0.4 is 10.1 Å². The Morgan fingerprint density at radius 2 is 1.83 bits per heavy atom. The lowest BCUT2D eigenvalue weighted by Gasteiger charge is -2.60. The highest BCUT2D eigenvalue weighted by Crippen LogP contribution is 2.61. The lowest BCUT2D eigenvalue weighted by atomic mass is 9.46.